The number of unbranched alkanes of at least 4 members (excludes halogenated alkanes) is 2. The molecular weight excluding hydrogens is 472 g/mol. The van der Waals surface area contributed by atoms with E-state index in [2.05, 4.69) is 0 Å². The molecule has 1 saturated carbocycles. The van der Waals surface area contributed by atoms with Gasteiger partial charge in [-0.05, 0) is 58.3 Å². The Labute approximate surface area is 220 Å². The standard InChI is InChI=1S/C29H42N2O6/c1-28-15-8-2-3-11-20-36-27(35)23(28)22-25(33)31(17-9-5-10-19-32)24-26(34)30(21-13-6-4-7-14-21)18-12-16-29(22,24)37-28/h8,12,15-16,21-24,32H,2-7,9-11,13-14,17-20H2,1H3/b15-8-/t22-,23-,24?,28+,29-/m0/s1. The van der Waals surface area contributed by atoms with Gasteiger partial charge < -0.3 is 24.4 Å². The molecule has 37 heavy (non-hydrogen) atoms. The van der Waals surface area contributed by atoms with Crippen molar-refractivity contribution < 1.29 is 29.0 Å². The van der Waals surface area contributed by atoms with Gasteiger partial charge in [-0.1, -0.05) is 43.6 Å². The van der Waals surface area contributed by atoms with E-state index in [0.717, 1.165) is 51.4 Å². The first kappa shape index (κ1) is 26.4. The van der Waals surface area contributed by atoms with Crippen LogP contribution in [-0.4, -0.2) is 82.3 Å². The predicted octanol–water partition coefficient (Wildman–Crippen LogP) is 3.13. The van der Waals surface area contributed by atoms with Crippen molar-refractivity contribution in [1.29, 1.82) is 0 Å². The molecule has 0 aromatic heterocycles. The molecule has 1 aliphatic carbocycles. The summed E-state index contributed by atoms with van der Waals surface area (Å²) in [5, 5.41) is 9.24. The Bertz CT molecular complexity index is 943. The number of fused-ring (bicyclic) bond motifs is 2. The molecule has 0 radical (unpaired) electrons. The number of hydrogen-bond donors (Lipinski definition) is 1. The van der Waals surface area contributed by atoms with Gasteiger partial charge in [0, 0.05) is 25.7 Å². The Balaban J connectivity index is 1.55. The minimum atomic E-state index is -1.22. The number of amides is 2. The largest absolute Gasteiger partial charge is 0.465 e. The number of aliphatic hydroxyl groups excluding tert-OH is 1. The van der Waals surface area contributed by atoms with E-state index in [1.807, 2.05) is 36.1 Å². The van der Waals surface area contributed by atoms with Crippen LogP contribution >= 0.6 is 0 Å². The lowest BCUT2D eigenvalue weighted by molar-refractivity contribution is -0.160. The molecule has 0 aromatic carbocycles. The van der Waals surface area contributed by atoms with E-state index in [0.29, 0.717) is 32.5 Å². The lowest BCUT2D eigenvalue weighted by atomic mass is 9.74. The number of carbonyl (C=O) groups excluding carboxylic acids is 3. The number of aliphatic hydroxyl groups is 1. The zero-order valence-corrected chi connectivity index (χ0v) is 22.1. The van der Waals surface area contributed by atoms with E-state index in [-0.39, 0.29) is 24.5 Å². The van der Waals surface area contributed by atoms with Crippen LogP contribution in [0.25, 0.3) is 0 Å². The average molecular weight is 515 g/mol. The van der Waals surface area contributed by atoms with Gasteiger partial charge in [-0.15, -0.1) is 0 Å². The first-order valence-electron chi connectivity index (χ1n) is 14.4. The Morgan fingerprint density at radius 3 is 2.54 bits per heavy atom. The van der Waals surface area contributed by atoms with Crippen LogP contribution in [0.5, 0.6) is 0 Å². The second-order valence-corrected chi connectivity index (χ2v) is 11.6. The highest BCUT2D eigenvalue weighted by atomic mass is 16.6. The molecule has 4 aliphatic heterocycles. The molecule has 2 saturated heterocycles. The normalized spacial score (nSPS) is 37.6. The Hall–Kier alpha value is -2.19. The van der Waals surface area contributed by atoms with Gasteiger partial charge in [0.05, 0.1) is 18.1 Å². The van der Waals surface area contributed by atoms with E-state index in [1.165, 1.54) is 6.42 Å². The van der Waals surface area contributed by atoms with Gasteiger partial charge in [0.25, 0.3) is 0 Å². The van der Waals surface area contributed by atoms with Crippen molar-refractivity contribution >= 4 is 17.8 Å². The summed E-state index contributed by atoms with van der Waals surface area (Å²) in [5.41, 5.74) is -2.26. The fraction of sp³-hybridized carbons (Fsp3) is 0.759. The minimum Gasteiger partial charge on any atom is -0.465 e. The lowest BCUT2D eigenvalue weighted by Gasteiger charge is -2.40. The molecular formula is C29H42N2O6. The van der Waals surface area contributed by atoms with Gasteiger partial charge in [0.2, 0.25) is 11.8 Å². The van der Waals surface area contributed by atoms with E-state index < -0.39 is 35.0 Å². The summed E-state index contributed by atoms with van der Waals surface area (Å²) >= 11 is 0. The molecule has 0 aromatic rings. The van der Waals surface area contributed by atoms with Crippen molar-refractivity contribution in [3.8, 4) is 0 Å². The van der Waals surface area contributed by atoms with Gasteiger partial charge in [0.1, 0.15) is 17.6 Å². The molecule has 0 bridgehead atoms. The van der Waals surface area contributed by atoms with Gasteiger partial charge in [0.15, 0.2) is 0 Å². The summed E-state index contributed by atoms with van der Waals surface area (Å²) in [5.74, 6) is -2.33. The van der Waals surface area contributed by atoms with Crippen LogP contribution in [0.4, 0.5) is 0 Å². The number of likely N-dealkylation sites (tertiary alicyclic amines) is 1. The average Bonchev–Trinajstić information content (AvgIpc) is 3.21. The van der Waals surface area contributed by atoms with Gasteiger partial charge in [-0.25, -0.2) is 0 Å². The zero-order chi connectivity index (χ0) is 26.0. The second-order valence-electron chi connectivity index (χ2n) is 11.6. The number of carbonyl (C=O) groups is 3. The molecule has 3 fully saturated rings. The number of cyclic esters (lactones) is 1. The van der Waals surface area contributed by atoms with Crippen molar-refractivity contribution in [1.82, 2.24) is 9.80 Å². The second kappa shape index (κ2) is 10.9. The maximum Gasteiger partial charge on any atom is 0.313 e. The van der Waals surface area contributed by atoms with E-state index in [9.17, 15) is 19.5 Å². The molecule has 4 heterocycles. The SMILES string of the molecule is C[C@@]12/C=C\CCCCOC(=O)[C@@H]1[C@H]1C(=O)N(CCCCCO)C3C(=O)N(C4CCCCC4)CC=C[C@@]31O2. The maximum absolute atomic E-state index is 14.4. The van der Waals surface area contributed by atoms with Crippen molar-refractivity contribution in [2.24, 2.45) is 11.8 Å². The van der Waals surface area contributed by atoms with Crippen LogP contribution in [-0.2, 0) is 23.9 Å². The smallest absolute Gasteiger partial charge is 0.313 e. The summed E-state index contributed by atoms with van der Waals surface area (Å²) in [7, 11) is 0. The molecule has 1 spiro atoms. The number of ether oxygens (including phenoxy) is 2. The molecule has 1 N–H and O–H groups in total. The fourth-order valence-corrected chi connectivity index (χ4v) is 7.35. The summed E-state index contributed by atoms with van der Waals surface area (Å²) in [4.78, 5) is 45.7. The third kappa shape index (κ3) is 4.65. The topological polar surface area (TPSA) is 96.4 Å². The van der Waals surface area contributed by atoms with Crippen LogP contribution in [0.3, 0.4) is 0 Å². The van der Waals surface area contributed by atoms with Crippen molar-refractivity contribution in [2.75, 3.05) is 26.3 Å². The van der Waals surface area contributed by atoms with Crippen molar-refractivity contribution in [3.05, 3.63) is 24.3 Å². The zero-order valence-electron chi connectivity index (χ0n) is 22.1. The first-order valence-corrected chi connectivity index (χ1v) is 14.4. The monoisotopic (exact) mass is 514 g/mol. The predicted molar refractivity (Wildman–Crippen MR) is 137 cm³/mol. The maximum atomic E-state index is 14.4. The van der Waals surface area contributed by atoms with E-state index in [4.69, 9.17) is 9.47 Å². The summed E-state index contributed by atoms with van der Waals surface area (Å²) in [6.45, 7) is 3.18. The van der Waals surface area contributed by atoms with Gasteiger partial charge in [-0.2, -0.15) is 0 Å². The first-order chi connectivity index (χ1) is 17.9. The highest BCUT2D eigenvalue weighted by molar-refractivity contribution is 5.99. The molecule has 5 atom stereocenters. The van der Waals surface area contributed by atoms with Crippen LogP contribution < -0.4 is 0 Å². The van der Waals surface area contributed by atoms with Crippen LogP contribution in [0, 0.1) is 11.8 Å². The third-order valence-corrected chi connectivity index (χ3v) is 9.10. The highest BCUT2D eigenvalue weighted by Gasteiger charge is 2.74. The fourth-order valence-electron chi connectivity index (χ4n) is 7.35. The molecule has 1 unspecified atom stereocenters. The quantitative estimate of drug-likeness (QED) is 0.332. The Kier molecular flexibility index (Phi) is 7.78. The van der Waals surface area contributed by atoms with Crippen LogP contribution in [0.2, 0.25) is 0 Å². The molecule has 8 nitrogen and oxygen atoms in total. The Morgan fingerprint density at radius 1 is 0.946 bits per heavy atom. The van der Waals surface area contributed by atoms with Gasteiger partial charge in [-0.3, -0.25) is 14.4 Å². The van der Waals surface area contributed by atoms with Crippen LogP contribution in [0.15, 0.2) is 24.3 Å². The summed E-state index contributed by atoms with van der Waals surface area (Å²) in [6.07, 6.45) is 17.9. The van der Waals surface area contributed by atoms with E-state index >= 15 is 0 Å². The van der Waals surface area contributed by atoms with Crippen molar-refractivity contribution in [3.63, 3.8) is 0 Å². The number of rotatable bonds is 6. The minimum absolute atomic E-state index is 0.0698. The van der Waals surface area contributed by atoms with E-state index in [1.54, 1.807) is 4.90 Å². The molecule has 5 rings (SSSR count). The molecule has 8 heteroatoms. The molecule has 204 valence electrons. The highest BCUT2D eigenvalue weighted by Crippen LogP contribution is 2.57. The summed E-state index contributed by atoms with van der Waals surface area (Å²) < 4.78 is 12.5. The van der Waals surface area contributed by atoms with Gasteiger partial charge >= 0.3 is 5.97 Å². The number of hydrogen-bond acceptors (Lipinski definition) is 6. The van der Waals surface area contributed by atoms with Crippen LogP contribution in [0.1, 0.15) is 77.6 Å². The number of allylic oxidation sites excluding steroid dienone is 1. The van der Waals surface area contributed by atoms with Crippen molar-refractivity contribution in [2.45, 2.75) is 101 Å². The molecule has 5 aliphatic rings. The Morgan fingerprint density at radius 2 is 1.76 bits per heavy atom. The third-order valence-electron chi connectivity index (χ3n) is 9.10. The lowest BCUT2D eigenvalue weighted by Crippen LogP contribution is -2.57. The summed E-state index contributed by atoms with van der Waals surface area (Å²) in [6, 6.07) is -0.649. The molecule has 2 amide bonds. The number of nitrogens with zero attached hydrogens (tertiary/aromatic N) is 2. The number of esters is 1.